The van der Waals surface area contributed by atoms with Crippen molar-refractivity contribution < 1.29 is 13.9 Å². The maximum absolute atomic E-state index is 13.6. The van der Waals surface area contributed by atoms with Crippen LogP contribution in [0.3, 0.4) is 0 Å². The first kappa shape index (κ1) is 19.1. The number of nitrogens with zero attached hydrogens (tertiary/aromatic N) is 3. The summed E-state index contributed by atoms with van der Waals surface area (Å²) in [6, 6.07) is 5.29. The fraction of sp³-hybridized carbons (Fsp3) is 0.476. The summed E-state index contributed by atoms with van der Waals surface area (Å²) in [4.78, 5) is 22.5. The Kier molecular flexibility index (Phi) is 4.78. The number of hydrogen-bond donors (Lipinski definition) is 0. The predicted octanol–water partition coefficient (Wildman–Crippen LogP) is 5.19. The van der Waals surface area contributed by atoms with Crippen LogP contribution in [-0.2, 0) is 4.74 Å². The molecule has 5 nitrogen and oxygen atoms in total. The van der Waals surface area contributed by atoms with Crippen LogP contribution in [0.2, 0.25) is 5.15 Å². The third-order valence-corrected chi connectivity index (χ3v) is 5.77. The topological polar surface area (TPSA) is 55.3 Å². The van der Waals surface area contributed by atoms with Crippen LogP contribution >= 0.6 is 11.6 Å². The molecule has 28 heavy (non-hydrogen) atoms. The Balaban J connectivity index is 1.62. The molecule has 148 valence electrons. The third kappa shape index (κ3) is 3.58. The molecule has 2 aliphatic rings. The molecule has 1 amide bonds. The van der Waals surface area contributed by atoms with E-state index in [-0.39, 0.29) is 24.1 Å². The first-order valence-corrected chi connectivity index (χ1v) is 9.89. The van der Waals surface area contributed by atoms with Crippen molar-refractivity contribution in [2.45, 2.75) is 63.6 Å². The summed E-state index contributed by atoms with van der Waals surface area (Å²) in [6.45, 7) is 5.64. The van der Waals surface area contributed by atoms with E-state index in [0.29, 0.717) is 16.3 Å². The van der Waals surface area contributed by atoms with Gasteiger partial charge in [-0.25, -0.2) is 14.8 Å². The zero-order valence-electron chi connectivity index (χ0n) is 16.2. The quantitative estimate of drug-likeness (QED) is 0.647. The van der Waals surface area contributed by atoms with Crippen molar-refractivity contribution >= 4 is 17.7 Å². The van der Waals surface area contributed by atoms with E-state index in [1.807, 2.05) is 31.7 Å². The molecule has 3 atom stereocenters. The van der Waals surface area contributed by atoms with E-state index in [1.165, 1.54) is 12.3 Å². The number of ether oxygens (including phenoxy) is 1. The molecular formula is C21H23ClFN3O2. The fourth-order valence-electron chi connectivity index (χ4n) is 4.39. The Bertz CT molecular complexity index is 915. The summed E-state index contributed by atoms with van der Waals surface area (Å²) in [7, 11) is 0. The number of carbonyl (C=O) groups is 1. The Hall–Kier alpha value is -2.21. The van der Waals surface area contributed by atoms with Gasteiger partial charge in [-0.15, -0.1) is 0 Å². The highest BCUT2D eigenvalue weighted by Crippen LogP contribution is 2.48. The molecule has 2 aromatic rings. The second kappa shape index (κ2) is 6.99. The average molecular weight is 404 g/mol. The van der Waals surface area contributed by atoms with Gasteiger partial charge >= 0.3 is 6.09 Å². The van der Waals surface area contributed by atoms with Gasteiger partial charge in [-0.1, -0.05) is 11.6 Å². The van der Waals surface area contributed by atoms with E-state index >= 15 is 0 Å². The second-order valence-electron chi connectivity index (χ2n) is 8.50. The van der Waals surface area contributed by atoms with Gasteiger partial charge in [0.15, 0.2) is 0 Å². The first-order valence-electron chi connectivity index (χ1n) is 9.51. The molecule has 7 heteroatoms. The van der Waals surface area contributed by atoms with Gasteiger partial charge in [-0.3, -0.25) is 0 Å². The summed E-state index contributed by atoms with van der Waals surface area (Å²) in [5.41, 5.74) is 1.80. The molecule has 0 N–H and O–H groups in total. The van der Waals surface area contributed by atoms with Gasteiger partial charge in [0.05, 0.1) is 0 Å². The van der Waals surface area contributed by atoms with Crippen molar-refractivity contribution in [1.29, 1.82) is 0 Å². The van der Waals surface area contributed by atoms with Crippen molar-refractivity contribution in [1.82, 2.24) is 14.9 Å². The molecule has 2 aliphatic heterocycles. The van der Waals surface area contributed by atoms with Gasteiger partial charge in [-0.05, 0) is 63.3 Å². The summed E-state index contributed by atoms with van der Waals surface area (Å²) in [5.74, 6) is -0.392. The lowest BCUT2D eigenvalue weighted by atomic mass is 9.84. The molecule has 2 fully saturated rings. The van der Waals surface area contributed by atoms with Crippen LogP contribution in [0.1, 0.15) is 51.5 Å². The van der Waals surface area contributed by atoms with E-state index in [1.54, 1.807) is 12.3 Å². The third-order valence-electron chi connectivity index (χ3n) is 5.47. The smallest absolute Gasteiger partial charge is 0.410 e. The normalized spacial score (nSPS) is 23.9. The zero-order valence-corrected chi connectivity index (χ0v) is 16.9. The maximum atomic E-state index is 13.6. The lowest BCUT2D eigenvalue weighted by molar-refractivity contribution is 0.0213. The van der Waals surface area contributed by atoms with Crippen LogP contribution in [-0.4, -0.2) is 38.6 Å². The highest BCUT2D eigenvalue weighted by atomic mass is 35.5. The zero-order chi connectivity index (χ0) is 20.1. The fourth-order valence-corrected chi connectivity index (χ4v) is 4.60. The summed E-state index contributed by atoms with van der Waals surface area (Å²) in [6.07, 6.45) is 5.73. The predicted molar refractivity (Wildman–Crippen MR) is 105 cm³/mol. The number of carbonyl (C=O) groups excluding carboxylic acids is 1. The van der Waals surface area contributed by atoms with Crippen LogP contribution in [0.15, 0.2) is 30.6 Å². The molecule has 0 spiro atoms. The minimum Gasteiger partial charge on any atom is -0.444 e. The largest absolute Gasteiger partial charge is 0.444 e. The number of rotatable bonds is 2. The minimum absolute atomic E-state index is 0.0878. The summed E-state index contributed by atoms with van der Waals surface area (Å²) < 4.78 is 19.2. The molecule has 0 saturated carbocycles. The number of pyridine rings is 2. The van der Waals surface area contributed by atoms with Gasteiger partial charge in [0.2, 0.25) is 5.95 Å². The number of hydrogen-bond acceptors (Lipinski definition) is 4. The van der Waals surface area contributed by atoms with E-state index in [0.717, 1.165) is 24.8 Å². The number of halogens is 2. The van der Waals surface area contributed by atoms with E-state index in [2.05, 4.69) is 9.97 Å². The molecule has 4 rings (SSSR count). The van der Waals surface area contributed by atoms with Gasteiger partial charge in [-0.2, -0.15) is 4.39 Å². The van der Waals surface area contributed by atoms with Gasteiger partial charge in [0, 0.05) is 42.0 Å². The summed E-state index contributed by atoms with van der Waals surface area (Å²) in [5, 5.41) is 0.321. The highest BCUT2D eigenvalue weighted by Gasteiger charge is 2.50. The van der Waals surface area contributed by atoms with E-state index in [9.17, 15) is 9.18 Å². The monoisotopic (exact) mass is 403 g/mol. The van der Waals surface area contributed by atoms with Crippen molar-refractivity contribution in [2.75, 3.05) is 0 Å². The van der Waals surface area contributed by atoms with E-state index < -0.39 is 11.5 Å². The Morgan fingerprint density at radius 3 is 2.79 bits per heavy atom. The first-order chi connectivity index (χ1) is 13.2. The van der Waals surface area contributed by atoms with Gasteiger partial charge in [0.25, 0.3) is 0 Å². The second-order valence-corrected chi connectivity index (χ2v) is 8.86. The molecule has 2 bridgehead atoms. The summed E-state index contributed by atoms with van der Waals surface area (Å²) >= 11 is 6.28. The highest BCUT2D eigenvalue weighted by molar-refractivity contribution is 6.32. The molecule has 4 heterocycles. The van der Waals surface area contributed by atoms with Crippen molar-refractivity contribution in [2.24, 2.45) is 0 Å². The Morgan fingerprint density at radius 1 is 1.29 bits per heavy atom. The van der Waals surface area contributed by atoms with E-state index in [4.69, 9.17) is 16.3 Å². The van der Waals surface area contributed by atoms with Crippen LogP contribution in [0, 0.1) is 5.95 Å². The molecule has 0 aliphatic carbocycles. The molecule has 0 unspecified atom stereocenters. The van der Waals surface area contributed by atoms with Crippen molar-refractivity contribution in [3.05, 3.63) is 47.3 Å². The molecule has 0 aromatic carbocycles. The van der Waals surface area contributed by atoms with Crippen LogP contribution in [0.5, 0.6) is 0 Å². The lowest BCUT2D eigenvalue weighted by Gasteiger charge is -2.28. The standard InChI is InChI=1S/C21H23ClFN3O2/c1-21(2,3)28-20(27)26-14-4-5-17(26)15(10-14)13-8-16(19(22)25-11-13)12-6-7-24-18(23)9-12/h6-9,11,14-15,17H,4-5,10H2,1-3H3/t14-,15+,17+/m0/s1. The minimum atomic E-state index is -0.560. The number of aromatic nitrogens is 2. The van der Waals surface area contributed by atoms with Crippen molar-refractivity contribution in [3.8, 4) is 11.1 Å². The molecule has 2 saturated heterocycles. The SMILES string of the molecule is CC(C)(C)OC(=O)N1[C@H]2CC[C@@H]1[C@@H](c1cnc(Cl)c(-c3ccnc(F)c3)c1)C2. The van der Waals surface area contributed by atoms with Crippen molar-refractivity contribution in [3.63, 3.8) is 0 Å². The molecule has 2 aromatic heterocycles. The maximum Gasteiger partial charge on any atom is 0.410 e. The number of fused-ring (bicyclic) bond motifs is 2. The molecule has 0 radical (unpaired) electrons. The Labute approximate surface area is 168 Å². The van der Waals surface area contributed by atoms with Gasteiger partial charge in [0.1, 0.15) is 10.8 Å². The van der Waals surface area contributed by atoms with Crippen LogP contribution in [0.25, 0.3) is 11.1 Å². The van der Waals surface area contributed by atoms with Gasteiger partial charge < -0.3 is 9.64 Å². The Morgan fingerprint density at radius 2 is 2.07 bits per heavy atom. The number of amides is 1. The lowest BCUT2D eigenvalue weighted by Crippen LogP contribution is -2.40. The van der Waals surface area contributed by atoms with Crippen LogP contribution < -0.4 is 0 Å². The van der Waals surface area contributed by atoms with Crippen LogP contribution in [0.4, 0.5) is 9.18 Å². The molecular weight excluding hydrogens is 381 g/mol. The average Bonchev–Trinajstić information content (AvgIpc) is 3.19.